The zero-order valence-corrected chi connectivity index (χ0v) is 8.36. The van der Waals surface area contributed by atoms with Crippen LogP contribution >= 0.6 is 0 Å². The summed E-state index contributed by atoms with van der Waals surface area (Å²) < 4.78 is 0. The topological polar surface area (TPSA) is 29.1 Å². The third-order valence-corrected chi connectivity index (χ3v) is 1.90. The maximum atomic E-state index is 10.1. The summed E-state index contributed by atoms with van der Waals surface area (Å²) in [7, 11) is 0. The minimum absolute atomic E-state index is 0.789. The number of nitrogens with one attached hydrogen (secondary N) is 1. The largest absolute Gasteiger partial charge is 0.313 e. The number of benzene rings is 1. The third-order valence-electron chi connectivity index (χ3n) is 1.90. The summed E-state index contributed by atoms with van der Waals surface area (Å²) in [4.78, 5) is 10.1. The van der Waals surface area contributed by atoms with Crippen LogP contribution in [0, 0.1) is 0 Å². The van der Waals surface area contributed by atoms with Crippen LogP contribution in [-0.4, -0.2) is 12.8 Å². The standard InChI is InChI=1S/C12H15NO/c1-2-13-10-12-6-3-5-11(9-12)7-4-8-14/h3-9,13H,2,10H2,1H3. The molecule has 2 nitrogen and oxygen atoms in total. The maximum Gasteiger partial charge on any atom is 0.142 e. The van der Waals surface area contributed by atoms with Crippen LogP contribution < -0.4 is 5.32 Å². The summed E-state index contributed by atoms with van der Waals surface area (Å²) >= 11 is 0. The van der Waals surface area contributed by atoms with Crippen molar-refractivity contribution in [2.45, 2.75) is 13.5 Å². The Morgan fingerprint density at radius 3 is 3.00 bits per heavy atom. The molecule has 0 radical (unpaired) electrons. The highest BCUT2D eigenvalue weighted by Crippen LogP contribution is 2.06. The molecule has 1 aromatic rings. The SMILES string of the molecule is CCNCc1cccc(C=CC=O)c1. The molecular weight excluding hydrogens is 174 g/mol. The molecule has 1 N–H and O–H groups in total. The smallest absolute Gasteiger partial charge is 0.142 e. The van der Waals surface area contributed by atoms with Gasteiger partial charge < -0.3 is 5.32 Å². The van der Waals surface area contributed by atoms with Crippen LogP contribution in [-0.2, 0) is 11.3 Å². The Morgan fingerprint density at radius 2 is 2.29 bits per heavy atom. The molecule has 0 aliphatic rings. The molecule has 1 rings (SSSR count). The molecule has 0 atom stereocenters. The molecule has 0 aliphatic carbocycles. The fourth-order valence-electron chi connectivity index (χ4n) is 1.23. The first-order chi connectivity index (χ1) is 6.86. The van der Waals surface area contributed by atoms with Crippen molar-refractivity contribution in [3.05, 3.63) is 41.5 Å². The van der Waals surface area contributed by atoms with Gasteiger partial charge in [0.25, 0.3) is 0 Å². The predicted molar refractivity (Wildman–Crippen MR) is 58.9 cm³/mol. The van der Waals surface area contributed by atoms with Gasteiger partial charge in [-0.25, -0.2) is 0 Å². The fraction of sp³-hybridized carbons (Fsp3) is 0.250. The van der Waals surface area contributed by atoms with Crippen LogP contribution in [0.25, 0.3) is 6.08 Å². The second-order valence-electron chi connectivity index (χ2n) is 3.02. The quantitative estimate of drug-likeness (QED) is 0.567. The predicted octanol–water partition coefficient (Wildman–Crippen LogP) is 2.01. The minimum atomic E-state index is 0.789. The fourth-order valence-corrected chi connectivity index (χ4v) is 1.23. The van der Waals surface area contributed by atoms with E-state index in [1.807, 2.05) is 18.2 Å². The van der Waals surface area contributed by atoms with Crippen molar-refractivity contribution in [2.75, 3.05) is 6.54 Å². The van der Waals surface area contributed by atoms with E-state index in [1.54, 1.807) is 0 Å². The molecule has 0 fully saturated rings. The molecule has 14 heavy (non-hydrogen) atoms. The Kier molecular flexibility index (Phi) is 4.65. The molecule has 2 heteroatoms. The van der Waals surface area contributed by atoms with E-state index in [0.717, 1.165) is 24.9 Å². The number of hydrogen-bond donors (Lipinski definition) is 1. The lowest BCUT2D eigenvalue weighted by atomic mass is 10.1. The van der Waals surface area contributed by atoms with E-state index in [9.17, 15) is 4.79 Å². The van der Waals surface area contributed by atoms with Gasteiger partial charge in [0.05, 0.1) is 0 Å². The molecule has 0 aromatic heterocycles. The number of hydrogen-bond acceptors (Lipinski definition) is 2. The van der Waals surface area contributed by atoms with E-state index in [1.165, 1.54) is 11.6 Å². The summed E-state index contributed by atoms with van der Waals surface area (Å²) in [5, 5.41) is 3.25. The van der Waals surface area contributed by atoms with Crippen molar-refractivity contribution in [1.82, 2.24) is 5.32 Å². The van der Waals surface area contributed by atoms with Gasteiger partial charge in [0, 0.05) is 6.54 Å². The van der Waals surface area contributed by atoms with E-state index in [0.29, 0.717) is 0 Å². The monoisotopic (exact) mass is 189 g/mol. The summed E-state index contributed by atoms with van der Waals surface area (Å²) in [5.41, 5.74) is 2.30. The van der Waals surface area contributed by atoms with Gasteiger partial charge in [-0.15, -0.1) is 0 Å². The minimum Gasteiger partial charge on any atom is -0.313 e. The molecule has 74 valence electrons. The molecular formula is C12H15NO. The van der Waals surface area contributed by atoms with E-state index in [2.05, 4.69) is 24.4 Å². The molecule has 1 aromatic carbocycles. The third kappa shape index (κ3) is 3.54. The number of rotatable bonds is 5. The van der Waals surface area contributed by atoms with Crippen molar-refractivity contribution in [3.63, 3.8) is 0 Å². The van der Waals surface area contributed by atoms with Gasteiger partial charge in [-0.05, 0) is 23.7 Å². The van der Waals surface area contributed by atoms with Gasteiger partial charge in [-0.2, -0.15) is 0 Å². The molecule has 0 unspecified atom stereocenters. The van der Waals surface area contributed by atoms with Crippen LogP contribution in [0.3, 0.4) is 0 Å². The number of allylic oxidation sites excluding steroid dienone is 1. The van der Waals surface area contributed by atoms with Crippen LogP contribution in [0.2, 0.25) is 0 Å². The van der Waals surface area contributed by atoms with Crippen molar-refractivity contribution in [1.29, 1.82) is 0 Å². The van der Waals surface area contributed by atoms with Crippen LogP contribution in [0.1, 0.15) is 18.1 Å². The summed E-state index contributed by atoms with van der Waals surface area (Å²) in [6, 6.07) is 8.12. The number of carbonyl (C=O) groups excluding carboxylic acids is 1. The Labute approximate surface area is 84.6 Å². The lowest BCUT2D eigenvalue weighted by Crippen LogP contribution is -2.11. The first-order valence-corrected chi connectivity index (χ1v) is 4.78. The van der Waals surface area contributed by atoms with Crippen molar-refractivity contribution < 1.29 is 4.79 Å². The van der Waals surface area contributed by atoms with Gasteiger partial charge >= 0.3 is 0 Å². The molecule has 0 spiro atoms. The van der Waals surface area contributed by atoms with Crippen molar-refractivity contribution in [3.8, 4) is 0 Å². The Bertz CT molecular complexity index is 318. The second kappa shape index (κ2) is 6.11. The van der Waals surface area contributed by atoms with Gasteiger partial charge in [0.15, 0.2) is 0 Å². The Morgan fingerprint density at radius 1 is 1.43 bits per heavy atom. The summed E-state index contributed by atoms with van der Waals surface area (Å²) in [6.07, 6.45) is 4.10. The van der Waals surface area contributed by atoms with Gasteiger partial charge in [0.2, 0.25) is 0 Å². The lowest BCUT2D eigenvalue weighted by molar-refractivity contribution is -0.104. The Hall–Kier alpha value is -1.41. The molecule has 0 heterocycles. The van der Waals surface area contributed by atoms with Crippen LogP contribution in [0.15, 0.2) is 30.3 Å². The normalized spacial score (nSPS) is 10.6. The number of carbonyl (C=O) groups is 1. The number of aldehydes is 1. The lowest BCUT2D eigenvalue weighted by Gasteiger charge is -2.02. The van der Waals surface area contributed by atoms with E-state index in [-0.39, 0.29) is 0 Å². The maximum absolute atomic E-state index is 10.1. The molecule has 0 bridgehead atoms. The summed E-state index contributed by atoms with van der Waals surface area (Å²) in [6.45, 7) is 3.92. The zero-order valence-electron chi connectivity index (χ0n) is 8.36. The van der Waals surface area contributed by atoms with E-state index in [4.69, 9.17) is 0 Å². The van der Waals surface area contributed by atoms with Gasteiger partial charge in [0.1, 0.15) is 6.29 Å². The first kappa shape index (κ1) is 10.7. The van der Waals surface area contributed by atoms with E-state index < -0.39 is 0 Å². The second-order valence-corrected chi connectivity index (χ2v) is 3.02. The Balaban J connectivity index is 2.68. The van der Waals surface area contributed by atoms with Crippen molar-refractivity contribution in [2.24, 2.45) is 0 Å². The average molecular weight is 189 g/mol. The summed E-state index contributed by atoms with van der Waals surface area (Å²) in [5.74, 6) is 0. The highest BCUT2D eigenvalue weighted by molar-refractivity contribution is 5.73. The van der Waals surface area contributed by atoms with Gasteiger partial charge in [-0.1, -0.05) is 37.3 Å². The highest BCUT2D eigenvalue weighted by Gasteiger charge is 1.91. The average Bonchev–Trinajstić information content (AvgIpc) is 2.24. The molecule has 0 saturated heterocycles. The molecule has 0 amide bonds. The van der Waals surface area contributed by atoms with Crippen LogP contribution in [0.4, 0.5) is 0 Å². The first-order valence-electron chi connectivity index (χ1n) is 4.78. The zero-order chi connectivity index (χ0) is 10.2. The van der Waals surface area contributed by atoms with Crippen LogP contribution in [0.5, 0.6) is 0 Å². The van der Waals surface area contributed by atoms with Gasteiger partial charge in [-0.3, -0.25) is 4.79 Å². The van der Waals surface area contributed by atoms with E-state index >= 15 is 0 Å². The molecule has 0 saturated carbocycles. The highest BCUT2D eigenvalue weighted by atomic mass is 16.1. The molecule has 0 aliphatic heterocycles. The van der Waals surface area contributed by atoms with Crippen molar-refractivity contribution >= 4 is 12.4 Å².